The number of halogens is 1. The van der Waals surface area contributed by atoms with Crippen molar-refractivity contribution in [2.24, 2.45) is 11.7 Å². The van der Waals surface area contributed by atoms with Gasteiger partial charge >= 0.3 is 5.97 Å². The maximum Gasteiger partial charge on any atom is 0.335 e. The summed E-state index contributed by atoms with van der Waals surface area (Å²) in [6.07, 6.45) is 2.97. The number of aromatic carboxylic acids is 1. The second-order valence-corrected chi connectivity index (χ2v) is 5.10. The highest BCUT2D eigenvalue weighted by atomic mass is 19.1. The molecule has 6 heteroatoms. The van der Waals surface area contributed by atoms with Crippen molar-refractivity contribution in [1.29, 1.82) is 0 Å². The molecule has 1 aromatic rings. The van der Waals surface area contributed by atoms with Crippen LogP contribution in [0.1, 0.15) is 36.0 Å². The summed E-state index contributed by atoms with van der Waals surface area (Å²) >= 11 is 0. The van der Waals surface area contributed by atoms with Gasteiger partial charge in [-0.15, -0.1) is 0 Å². The number of hydrogen-bond donors (Lipinski definition) is 3. The molecule has 0 unspecified atom stereocenters. The van der Waals surface area contributed by atoms with Crippen LogP contribution >= 0.6 is 0 Å². The lowest BCUT2D eigenvalue weighted by Gasteiger charge is -2.25. The Hall–Kier alpha value is -1.95. The number of carboxylic acids is 1. The Labute approximate surface area is 116 Å². The minimum Gasteiger partial charge on any atom is -0.478 e. The minimum absolute atomic E-state index is 0.00914. The van der Waals surface area contributed by atoms with Crippen LogP contribution in [-0.4, -0.2) is 23.0 Å². The van der Waals surface area contributed by atoms with Gasteiger partial charge in [0.1, 0.15) is 5.82 Å². The fourth-order valence-electron chi connectivity index (χ4n) is 2.37. The summed E-state index contributed by atoms with van der Waals surface area (Å²) in [5.41, 5.74) is 5.63. The van der Waals surface area contributed by atoms with Gasteiger partial charge in [0.05, 0.1) is 11.3 Å². The lowest BCUT2D eigenvalue weighted by molar-refractivity contribution is -0.120. The molecule has 108 valence electrons. The van der Waals surface area contributed by atoms with Gasteiger partial charge in [-0.2, -0.15) is 0 Å². The Morgan fingerprint density at radius 2 is 1.90 bits per heavy atom. The highest BCUT2D eigenvalue weighted by Crippen LogP contribution is 2.25. The molecular weight excluding hydrogens is 263 g/mol. The van der Waals surface area contributed by atoms with Gasteiger partial charge in [0.15, 0.2) is 0 Å². The van der Waals surface area contributed by atoms with E-state index in [2.05, 4.69) is 5.32 Å². The molecule has 20 heavy (non-hydrogen) atoms. The van der Waals surface area contributed by atoms with E-state index in [1.54, 1.807) is 0 Å². The van der Waals surface area contributed by atoms with Gasteiger partial charge in [-0.05, 0) is 43.9 Å². The van der Waals surface area contributed by atoms with Gasteiger partial charge in [-0.3, -0.25) is 4.79 Å². The fraction of sp³-hybridized carbons (Fsp3) is 0.429. The third-order valence-corrected chi connectivity index (χ3v) is 3.62. The molecule has 0 spiro atoms. The molecule has 1 saturated carbocycles. The number of anilines is 1. The summed E-state index contributed by atoms with van der Waals surface area (Å²) in [4.78, 5) is 22.7. The van der Waals surface area contributed by atoms with Gasteiger partial charge < -0.3 is 16.2 Å². The van der Waals surface area contributed by atoms with E-state index in [0.29, 0.717) is 12.8 Å². The topological polar surface area (TPSA) is 92.4 Å². The van der Waals surface area contributed by atoms with E-state index in [4.69, 9.17) is 10.8 Å². The van der Waals surface area contributed by atoms with E-state index in [-0.39, 0.29) is 29.1 Å². The molecule has 0 heterocycles. The predicted octanol–water partition coefficient (Wildman–Crippen LogP) is 1.98. The quantitative estimate of drug-likeness (QED) is 0.789. The van der Waals surface area contributed by atoms with Crippen LogP contribution in [-0.2, 0) is 4.79 Å². The van der Waals surface area contributed by atoms with Crippen molar-refractivity contribution in [3.8, 4) is 0 Å². The number of amides is 1. The third-order valence-electron chi connectivity index (χ3n) is 3.62. The summed E-state index contributed by atoms with van der Waals surface area (Å²) in [5, 5.41) is 11.3. The minimum atomic E-state index is -1.21. The number of nitrogens with two attached hydrogens (primary N) is 1. The Bertz CT molecular complexity index is 525. The van der Waals surface area contributed by atoms with Gasteiger partial charge in [0.25, 0.3) is 0 Å². The Morgan fingerprint density at radius 3 is 2.45 bits per heavy atom. The molecule has 1 aliphatic carbocycles. The molecule has 0 radical (unpaired) electrons. The molecule has 0 saturated heterocycles. The number of rotatable bonds is 3. The lowest BCUT2D eigenvalue weighted by atomic mass is 9.86. The number of hydrogen-bond acceptors (Lipinski definition) is 3. The van der Waals surface area contributed by atoms with Crippen LogP contribution in [0.2, 0.25) is 0 Å². The number of nitrogens with one attached hydrogen (secondary N) is 1. The Balaban J connectivity index is 2.02. The van der Waals surface area contributed by atoms with Crippen molar-refractivity contribution < 1.29 is 19.1 Å². The van der Waals surface area contributed by atoms with Crippen molar-refractivity contribution in [2.75, 3.05) is 5.32 Å². The second kappa shape index (κ2) is 6.00. The molecule has 5 nitrogen and oxygen atoms in total. The van der Waals surface area contributed by atoms with Gasteiger partial charge in [-0.1, -0.05) is 0 Å². The second-order valence-electron chi connectivity index (χ2n) is 5.10. The van der Waals surface area contributed by atoms with E-state index in [9.17, 15) is 14.0 Å². The molecule has 1 amide bonds. The SMILES string of the molecule is NC1CCC(C(=O)Nc2ccc(C(=O)O)cc2F)CC1. The standard InChI is InChI=1S/C14H17FN2O3/c15-11-7-9(14(19)20)3-6-12(11)17-13(18)8-1-4-10(16)5-2-8/h3,6-8,10H,1-2,4-5,16H2,(H,17,18)(H,19,20). The van der Waals surface area contributed by atoms with Crippen molar-refractivity contribution in [1.82, 2.24) is 0 Å². The van der Waals surface area contributed by atoms with Gasteiger partial charge in [0, 0.05) is 12.0 Å². The first-order valence-electron chi connectivity index (χ1n) is 6.56. The number of benzene rings is 1. The number of carbonyl (C=O) groups excluding carboxylic acids is 1. The molecule has 1 fully saturated rings. The smallest absolute Gasteiger partial charge is 0.335 e. The van der Waals surface area contributed by atoms with Crippen molar-refractivity contribution in [3.05, 3.63) is 29.6 Å². The zero-order chi connectivity index (χ0) is 14.7. The molecule has 1 aromatic carbocycles. The molecule has 2 rings (SSSR count). The van der Waals surface area contributed by atoms with E-state index in [1.165, 1.54) is 12.1 Å². The normalized spacial score (nSPS) is 22.3. The zero-order valence-electron chi connectivity index (χ0n) is 10.9. The third kappa shape index (κ3) is 3.33. The maximum absolute atomic E-state index is 13.7. The van der Waals surface area contributed by atoms with Crippen molar-refractivity contribution >= 4 is 17.6 Å². The zero-order valence-corrected chi connectivity index (χ0v) is 10.9. The summed E-state index contributed by atoms with van der Waals surface area (Å²) in [5.74, 6) is -2.35. The molecular formula is C14H17FN2O3. The van der Waals surface area contributed by atoms with E-state index in [0.717, 1.165) is 18.9 Å². The highest BCUT2D eigenvalue weighted by molar-refractivity contribution is 5.94. The molecule has 4 N–H and O–H groups in total. The predicted molar refractivity (Wildman–Crippen MR) is 71.9 cm³/mol. The van der Waals surface area contributed by atoms with Crippen LogP contribution < -0.4 is 11.1 Å². The highest BCUT2D eigenvalue weighted by Gasteiger charge is 2.25. The molecule has 0 atom stereocenters. The number of carbonyl (C=O) groups is 2. The average Bonchev–Trinajstić information content (AvgIpc) is 2.41. The van der Waals surface area contributed by atoms with Crippen molar-refractivity contribution in [3.63, 3.8) is 0 Å². The van der Waals surface area contributed by atoms with E-state index in [1.807, 2.05) is 0 Å². The first kappa shape index (κ1) is 14.5. The monoisotopic (exact) mass is 280 g/mol. The summed E-state index contributed by atoms with van der Waals surface area (Å²) in [7, 11) is 0. The lowest BCUT2D eigenvalue weighted by Crippen LogP contribution is -2.32. The summed E-state index contributed by atoms with van der Waals surface area (Å²) < 4.78 is 13.7. The largest absolute Gasteiger partial charge is 0.478 e. The average molecular weight is 280 g/mol. The van der Waals surface area contributed by atoms with Crippen molar-refractivity contribution in [2.45, 2.75) is 31.7 Å². The summed E-state index contributed by atoms with van der Waals surface area (Å²) in [6, 6.07) is 3.57. The number of carboxylic acid groups (broad SMARTS) is 1. The van der Waals surface area contributed by atoms with Crippen LogP contribution in [0.3, 0.4) is 0 Å². The molecule has 0 aromatic heterocycles. The van der Waals surface area contributed by atoms with Crippen LogP contribution in [0, 0.1) is 11.7 Å². The summed E-state index contributed by atoms with van der Waals surface area (Å²) in [6.45, 7) is 0. The van der Waals surface area contributed by atoms with Crippen LogP contribution in [0.4, 0.5) is 10.1 Å². The van der Waals surface area contributed by atoms with E-state index < -0.39 is 11.8 Å². The first-order valence-corrected chi connectivity index (χ1v) is 6.56. The maximum atomic E-state index is 13.7. The molecule has 1 aliphatic rings. The van der Waals surface area contributed by atoms with E-state index >= 15 is 0 Å². The van der Waals surface area contributed by atoms with Crippen LogP contribution in [0.25, 0.3) is 0 Å². The van der Waals surface area contributed by atoms with Gasteiger partial charge in [0.2, 0.25) is 5.91 Å². The van der Waals surface area contributed by atoms with Crippen LogP contribution in [0.15, 0.2) is 18.2 Å². The van der Waals surface area contributed by atoms with Gasteiger partial charge in [-0.25, -0.2) is 9.18 Å². The molecule has 0 aliphatic heterocycles. The first-order chi connectivity index (χ1) is 9.47. The fourth-order valence-corrected chi connectivity index (χ4v) is 2.37. The Kier molecular flexibility index (Phi) is 4.34. The molecule has 0 bridgehead atoms. The van der Waals surface area contributed by atoms with Crippen LogP contribution in [0.5, 0.6) is 0 Å². The Morgan fingerprint density at radius 1 is 1.25 bits per heavy atom.